The lowest BCUT2D eigenvalue weighted by atomic mass is 9.98. The van der Waals surface area contributed by atoms with Crippen LogP contribution in [-0.2, 0) is 16.0 Å². The highest BCUT2D eigenvalue weighted by molar-refractivity contribution is 7.98. The number of methoxy groups -OCH3 is 1. The number of esters is 1. The summed E-state index contributed by atoms with van der Waals surface area (Å²) in [5.41, 5.74) is 1.65. The lowest BCUT2D eigenvalue weighted by Crippen LogP contribution is -2.42. The van der Waals surface area contributed by atoms with Crippen LogP contribution in [0.2, 0.25) is 0 Å². The average molecular weight is 402 g/mol. The first-order chi connectivity index (χ1) is 13.5. The van der Waals surface area contributed by atoms with Gasteiger partial charge in [0.05, 0.1) is 12.0 Å². The zero-order valence-corrected chi connectivity index (χ0v) is 16.5. The summed E-state index contributed by atoms with van der Waals surface area (Å²) in [6, 6.07) is 12.7. The molecule has 0 spiro atoms. The van der Waals surface area contributed by atoms with E-state index in [1.54, 1.807) is 11.8 Å². The van der Waals surface area contributed by atoms with Gasteiger partial charge in [-0.15, -0.1) is 0 Å². The summed E-state index contributed by atoms with van der Waals surface area (Å²) < 4.78 is 4.77. The van der Waals surface area contributed by atoms with Gasteiger partial charge in [0.2, 0.25) is 0 Å². The third-order valence-corrected chi connectivity index (χ3v) is 4.83. The van der Waals surface area contributed by atoms with Gasteiger partial charge in [0.15, 0.2) is 0 Å². The molecular weight excluding hydrogens is 380 g/mol. The van der Waals surface area contributed by atoms with Crippen LogP contribution >= 0.6 is 11.8 Å². The summed E-state index contributed by atoms with van der Waals surface area (Å²) in [5.74, 6) is -0.303. The Morgan fingerprint density at radius 1 is 1.21 bits per heavy atom. The molecule has 2 aromatic carbocycles. The minimum absolute atomic E-state index is 0.0885. The Hall–Kier alpha value is -2.87. The minimum Gasteiger partial charge on any atom is -0.467 e. The number of nitro benzene ring substituents is 1. The first-order valence-corrected chi connectivity index (χ1v) is 10.0. The Balaban J connectivity index is 2.32. The molecule has 1 atom stereocenters. The molecule has 148 valence electrons. The monoisotopic (exact) mass is 402 g/mol. The third kappa shape index (κ3) is 5.82. The van der Waals surface area contributed by atoms with Crippen LogP contribution in [-0.4, -0.2) is 42.0 Å². The number of benzene rings is 2. The number of non-ortho nitro benzene ring substituents is 1. The summed E-state index contributed by atoms with van der Waals surface area (Å²) in [6.45, 7) is 0. The lowest BCUT2D eigenvalue weighted by Gasteiger charge is -2.17. The largest absolute Gasteiger partial charge is 0.467 e. The molecule has 0 aliphatic heterocycles. The number of carbonyl (C=O) groups is 2. The van der Waals surface area contributed by atoms with Gasteiger partial charge in [-0.1, -0.05) is 30.3 Å². The van der Waals surface area contributed by atoms with E-state index < -0.39 is 22.8 Å². The van der Waals surface area contributed by atoms with Crippen LogP contribution in [0.1, 0.15) is 27.9 Å². The molecular formula is C20H22N2O5S. The first kappa shape index (κ1) is 21.4. The highest BCUT2D eigenvalue weighted by Gasteiger charge is 2.24. The van der Waals surface area contributed by atoms with E-state index in [2.05, 4.69) is 5.32 Å². The minimum atomic E-state index is -0.773. The summed E-state index contributed by atoms with van der Waals surface area (Å²) in [7, 11) is 1.27. The van der Waals surface area contributed by atoms with Gasteiger partial charge in [-0.25, -0.2) is 4.79 Å². The third-order valence-electron chi connectivity index (χ3n) is 4.18. The lowest BCUT2D eigenvalue weighted by molar-refractivity contribution is -0.384. The number of amides is 1. The molecule has 0 radical (unpaired) electrons. The topological polar surface area (TPSA) is 98.5 Å². The Bertz CT molecular complexity index is 842. The van der Waals surface area contributed by atoms with E-state index in [1.165, 1.54) is 25.3 Å². The van der Waals surface area contributed by atoms with Crippen molar-refractivity contribution in [2.45, 2.75) is 18.9 Å². The van der Waals surface area contributed by atoms with E-state index in [9.17, 15) is 19.7 Å². The van der Waals surface area contributed by atoms with E-state index in [0.717, 1.165) is 5.56 Å². The number of hydrogen-bond donors (Lipinski definition) is 1. The molecule has 1 N–H and O–H groups in total. The van der Waals surface area contributed by atoms with Crippen molar-refractivity contribution < 1.29 is 19.2 Å². The van der Waals surface area contributed by atoms with Crippen molar-refractivity contribution in [1.29, 1.82) is 0 Å². The molecule has 0 aromatic heterocycles. The zero-order valence-electron chi connectivity index (χ0n) is 15.7. The van der Waals surface area contributed by atoms with Gasteiger partial charge in [-0.2, -0.15) is 11.8 Å². The molecule has 0 fully saturated rings. The van der Waals surface area contributed by atoms with Crippen molar-refractivity contribution in [2.24, 2.45) is 0 Å². The molecule has 0 saturated heterocycles. The highest BCUT2D eigenvalue weighted by Crippen LogP contribution is 2.21. The Morgan fingerprint density at radius 3 is 2.54 bits per heavy atom. The van der Waals surface area contributed by atoms with E-state index >= 15 is 0 Å². The van der Waals surface area contributed by atoms with Crippen molar-refractivity contribution in [3.05, 3.63) is 75.3 Å². The van der Waals surface area contributed by atoms with Crippen LogP contribution in [0.3, 0.4) is 0 Å². The number of nitrogens with zero attached hydrogens (tertiary/aromatic N) is 1. The van der Waals surface area contributed by atoms with Crippen molar-refractivity contribution in [1.82, 2.24) is 5.32 Å². The van der Waals surface area contributed by atoms with Crippen LogP contribution in [0.5, 0.6) is 0 Å². The zero-order chi connectivity index (χ0) is 20.5. The van der Waals surface area contributed by atoms with Crippen molar-refractivity contribution >= 4 is 29.3 Å². The number of thioether (sulfide) groups is 1. The smallest absolute Gasteiger partial charge is 0.328 e. The highest BCUT2D eigenvalue weighted by atomic mass is 32.2. The van der Waals surface area contributed by atoms with Crippen LogP contribution in [0.25, 0.3) is 0 Å². The standard InChI is InChI=1S/C20H22N2O5S/c1-27-20(24)18(10-11-28-2)21-19(23)17-9-8-16(22(25)26)13-15(17)12-14-6-4-3-5-7-14/h3-9,13,18H,10-12H2,1-2H3,(H,21,23). The second-order valence-corrected chi connectivity index (χ2v) is 7.08. The molecule has 28 heavy (non-hydrogen) atoms. The molecule has 0 aliphatic rings. The number of rotatable bonds is 9. The fourth-order valence-corrected chi connectivity index (χ4v) is 3.21. The number of nitrogens with one attached hydrogen (secondary N) is 1. The van der Waals surface area contributed by atoms with Gasteiger partial charge in [0.25, 0.3) is 11.6 Å². The van der Waals surface area contributed by atoms with E-state index in [0.29, 0.717) is 29.7 Å². The molecule has 0 aliphatic carbocycles. The van der Waals surface area contributed by atoms with Crippen molar-refractivity contribution in [3.8, 4) is 0 Å². The number of hydrogen-bond acceptors (Lipinski definition) is 6. The summed E-state index contributed by atoms with van der Waals surface area (Å²) in [5, 5.41) is 13.8. The molecule has 2 aromatic rings. The van der Waals surface area contributed by atoms with Crippen LogP contribution in [0.4, 0.5) is 5.69 Å². The van der Waals surface area contributed by atoms with Gasteiger partial charge >= 0.3 is 5.97 Å². The molecule has 1 amide bonds. The normalized spacial score (nSPS) is 11.5. The second kappa shape index (κ2) is 10.5. The summed E-state index contributed by atoms with van der Waals surface area (Å²) >= 11 is 1.56. The predicted molar refractivity (Wildman–Crippen MR) is 109 cm³/mol. The molecule has 0 heterocycles. The van der Waals surface area contributed by atoms with Crippen LogP contribution in [0.15, 0.2) is 48.5 Å². The molecule has 2 rings (SSSR count). The average Bonchev–Trinajstić information content (AvgIpc) is 2.71. The number of carbonyl (C=O) groups excluding carboxylic acids is 2. The molecule has 1 unspecified atom stereocenters. The Labute approximate surface area is 167 Å². The van der Waals surface area contributed by atoms with Gasteiger partial charge < -0.3 is 10.1 Å². The van der Waals surface area contributed by atoms with Gasteiger partial charge in [-0.3, -0.25) is 14.9 Å². The first-order valence-electron chi connectivity index (χ1n) is 8.65. The fourth-order valence-electron chi connectivity index (χ4n) is 2.74. The van der Waals surface area contributed by atoms with E-state index in [1.807, 2.05) is 36.6 Å². The summed E-state index contributed by atoms with van der Waals surface area (Å²) in [4.78, 5) is 35.5. The molecule has 8 heteroatoms. The fraction of sp³-hybridized carbons (Fsp3) is 0.300. The van der Waals surface area contributed by atoms with Crippen LogP contribution < -0.4 is 5.32 Å². The molecule has 7 nitrogen and oxygen atoms in total. The predicted octanol–water partition coefficient (Wildman–Crippen LogP) is 3.21. The van der Waals surface area contributed by atoms with Crippen molar-refractivity contribution in [3.63, 3.8) is 0 Å². The van der Waals surface area contributed by atoms with Gasteiger partial charge in [-0.05, 0) is 42.0 Å². The number of ether oxygens (including phenoxy) is 1. The maximum atomic E-state index is 12.8. The SMILES string of the molecule is COC(=O)C(CCSC)NC(=O)c1ccc([N+](=O)[O-])cc1Cc1ccccc1. The Kier molecular flexibility index (Phi) is 8.01. The second-order valence-electron chi connectivity index (χ2n) is 6.09. The summed E-state index contributed by atoms with van der Waals surface area (Å²) in [6.07, 6.45) is 2.70. The number of nitro groups is 1. The van der Waals surface area contributed by atoms with E-state index in [4.69, 9.17) is 4.74 Å². The maximum Gasteiger partial charge on any atom is 0.328 e. The van der Waals surface area contributed by atoms with Crippen molar-refractivity contribution in [2.75, 3.05) is 19.1 Å². The Morgan fingerprint density at radius 2 is 1.93 bits per heavy atom. The quantitative estimate of drug-likeness (QED) is 0.393. The maximum absolute atomic E-state index is 12.8. The molecule has 0 saturated carbocycles. The molecule has 0 bridgehead atoms. The van der Waals surface area contributed by atoms with Crippen LogP contribution in [0, 0.1) is 10.1 Å². The van der Waals surface area contributed by atoms with E-state index in [-0.39, 0.29) is 5.69 Å². The van der Waals surface area contributed by atoms with Gasteiger partial charge in [0, 0.05) is 17.7 Å². The van der Waals surface area contributed by atoms with Gasteiger partial charge in [0.1, 0.15) is 6.04 Å².